The standard InChI is InChI=1S/C30H40N6O11/c1-2-9-42-11-13-44-15-17-46-19-20-47-18-16-45-14-12-43-10-6-32-28(37)4-3-7-35-25-22-26(34-8-5-31-23-34)27(36(40)41)21-24(25)33-29(38)30(35)39/h1,5,8,21-23H,3-4,6-7,9-20H2,(H,32,37)(H,33,38). The molecule has 0 spiro atoms. The van der Waals surface area contributed by atoms with Crippen LogP contribution in [-0.4, -0.2) is 116 Å². The predicted molar refractivity (Wildman–Crippen MR) is 169 cm³/mol. The Hall–Kier alpha value is -4.44. The van der Waals surface area contributed by atoms with Crippen molar-refractivity contribution in [3.8, 4) is 18.0 Å². The van der Waals surface area contributed by atoms with Gasteiger partial charge >= 0.3 is 11.1 Å². The third-order valence-electron chi connectivity index (χ3n) is 6.45. The highest BCUT2D eigenvalue weighted by Crippen LogP contribution is 2.27. The van der Waals surface area contributed by atoms with Crippen LogP contribution in [-0.2, 0) is 39.8 Å². The van der Waals surface area contributed by atoms with Crippen LogP contribution in [0.2, 0.25) is 0 Å². The molecule has 47 heavy (non-hydrogen) atoms. The molecule has 2 aromatic heterocycles. The van der Waals surface area contributed by atoms with Crippen molar-refractivity contribution >= 4 is 22.6 Å². The summed E-state index contributed by atoms with van der Waals surface area (Å²) in [6, 6.07) is 2.64. The van der Waals surface area contributed by atoms with Crippen LogP contribution < -0.4 is 16.4 Å². The first-order chi connectivity index (χ1) is 22.9. The van der Waals surface area contributed by atoms with Gasteiger partial charge in [0.1, 0.15) is 12.3 Å². The summed E-state index contributed by atoms with van der Waals surface area (Å²) < 4.78 is 34.8. The molecule has 17 heteroatoms. The van der Waals surface area contributed by atoms with E-state index in [1.807, 2.05) is 0 Å². The Balaban J connectivity index is 1.24. The van der Waals surface area contributed by atoms with Gasteiger partial charge in [0.25, 0.3) is 5.69 Å². The van der Waals surface area contributed by atoms with E-state index in [1.165, 1.54) is 40.0 Å². The zero-order valence-corrected chi connectivity index (χ0v) is 26.1. The van der Waals surface area contributed by atoms with Gasteiger partial charge in [-0.15, -0.1) is 6.42 Å². The van der Waals surface area contributed by atoms with Crippen LogP contribution in [0.5, 0.6) is 0 Å². The van der Waals surface area contributed by atoms with Gasteiger partial charge in [-0.05, 0) is 12.5 Å². The van der Waals surface area contributed by atoms with Crippen molar-refractivity contribution in [2.24, 2.45) is 0 Å². The van der Waals surface area contributed by atoms with E-state index in [0.717, 1.165) is 0 Å². The van der Waals surface area contributed by atoms with Gasteiger partial charge in [-0.25, -0.2) is 4.98 Å². The Kier molecular flexibility index (Phi) is 16.8. The van der Waals surface area contributed by atoms with Gasteiger partial charge in [0.05, 0.1) is 95.0 Å². The van der Waals surface area contributed by atoms with Crippen molar-refractivity contribution in [2.75, 3.05) is 85.8 Å². The van der Waals surface area contributed by atoms with E-state index < -0.39 is 16.0 Å². The van der Waals surface area contributed by atoms with Crippen LogP contribution in [0.3, 0.4) is 0 Å². The number of amides is 1. The van der Waals surface area contributed by atoms with Crippen molar-refractivity contribution in [3.63, 3.8) is 0 Å². The van der Waals surface area contributed by atoms with E-state index in [0.29, 0.717) is 79.2 Å². The highest BCUT2D eigenvalue weighted by molar-refractivity contribution is 5.82. The lowest BCUT2D eigenvalue weighted by atomic mass is 10.2. The summed E-state index contributed by atoms with van der Waals surface area (Å²) in [5.74, 6) is 2.13. The Morgan fingerprint density at radius 1 is 0.936 bits per heavy atom. The monoisotopic (exact) mass is 660 g/mol. The van der Waals surface area contributed by atoms with Crippen LogP contribution in [0.15, 0.2) is 40.4 Å². The molecule has 0 fully saturated rings. The van der Waals surface area contributed by atoms with E-state index in [2.05, 4.69) is 21.2 Å². The molecule has 0 aliphatic rings. The van der Waals surface area contributed by atoms with E-state index in [-0.39, 0.29) is 54.3 Å². The number of terminal acetylenes is 1. The number of hydrogen-bond donors (Lipinski definition) is 2. The summed E-state index contributed by atoms with van der Waals surface area (Å²) in [5, 5.41) is 14.4. The smallest absolute Gasteiger partial charge is 0.316 e. The summed E-state index contributed by atoms with van der Waals surface area (Å²) in [6.45, 7) is 5.23. The molecule has 2 N–H and O–H groups in total. The third kappa shape index (κ3) is 13.1. The minimum absolute atomic E-state index is 0.0538. The molecule has 0 unspecified atom stereocenters. The number of carbonyl (C=O) groups is 1. The van der Waals surface area contributed by atoms with Crippen LogP contribution in [0.1, 0.15) is 12.8 Å². The normalized spacial score (nSPS) is 11.1. The van der Waals surface area contributed by atoms with E-state index >= 15 is 0 Å². The first-order valence-corrected chi connectivity index (χ1v) is 15.0. The van der Waals surface area contributed by atoms with Crippen LogP contribution >= 0.6 is 0 Å². The summed E-state index contributed by atoms with van der Waals surface area (Å²) in [7, 11) is 0. The maximum atomic E-state index is 12.7. The SMILES string of the molecule is C#CCOCCOCCOCCOCCOCCOCCNC(=O)CCCn1c(=O)c(=O)[nH]c2cc([N+](=O)[O-])c(-n3ccnc3)cc21. The number of aromatic amines is 1. The molecule has 17 nitrogen and oxygen atoms in total. The number of imidazole rings is 1. The highest BCUT2D eigenvalue weighted by Gasteiger charge is 2.20. The van der Waals surface area contributed by atoms with Gasteiger partial charge in [-0.1, -0.05) is 5.92 Å². The number of nitro benzene ring substituents is 1. The molecule has 1 amide bonds. The molecule has 2 heterocycles. The van der Waals surface area contributed by atoms with Gasteiger partial charge in [-0.3, -0.25) is 24.5 Å². The second-order valence-corrected chi connectivity index (χ2v) is 9.77. The highest BCUT2D eigenvalue weighted by atomic mass is 16.6. The van der Waals surface area contributed by atoms with Gasteiger partial charge in [0.15, 0.2) is 0 Å². The van der Waals surface area contributed by atoms with Gasteiger partial charge < -0.3 is 47.9 Å². The molecule has 0 saturated heterocycles. The van der Waals surface area contributed by atoms with Crippen molar-refractivity contribution in [1.82, 2.24) is 24.4 Å². The molecular weight excluding hydrogens is 620 g/mol. The number of carbonyl (C=O) groups excluding carboxylic acids is 1. The van der Waals surface area contributed by atoms with Crippen LogP contribution in [0.25, 0.3) is 16.7 Å². The number of nitro groups is 1. The second kappa shape index (κ2) is 21.4. The maximum Gasteiger partial charge on any atom is 0.316 e. The van der Waals surface area contributed by atoms with Crippen molar-refractivity contribution < 1.29 is 38.1 Å². The van der Waals surface area contributed by atoms with E-state index in [9.17, 15) is 24.5 Å². The average molecular weight is 661 g/mol. The van der Waals surface area contributed by atoms with Gasteiger partial charge in [0, 0.05) is 38.0 Å². The largest absolute Gasteiger partial charge is 0.377 e. The Morgan fingerprint density at radius 3 is 2.09 bits per heavy atom. The van der Waals surface area contributed by atoms with Gasteiger partial charge in [-0.2, -0.15) is 0 Å². The topological polar surface area (TPSA) is 200 Å². The fraction of sp³-hybridized carbons (Fsp3) is 0.533. The third-order valence-corrected chi connectivity index (χ3v) is 6.45. The molecule has 3 rings (SSSR count). The lowest BCUT2D eigenvalue weighted by molar-refractivity contribution is -0.384. The fourth-order valence-electron chi connectivity index (χ4n) is 4.25. The molecular formula is C30H40N6O11. The molecule has 0 bridgehead atoms. The average Bonchev–Trinajstić information content (AvgIpc) is 3.60. The van der Waals surface area contributed by atoms with E-state index in [1.54, 1.807) is 0 Å². The van der Waals surface area contributed by atoms with Crippen molar-refractivity contribution in [2.45, 2.75) is 19.4 Å². The Bertz CT molecular complexity index is 1550. The number of ether oxygens (including phenoxy) is 6. The Morgan fingerprint density at radius 2 is 1.53 bits per heavy atom. The van der Waals surface area contributed by atoms with Crippen LogP contribution in [0.4, 0.5) is 5.69 Å². The number of fused-ring (bicyclic) bond motifs is 1. The number of nitrogens with zero attached hydrogens (tertiary/aromatic N) is 4. The van der Waals surface area contributed by atoms with E-state index in [4.69, 9.17) is 34.8 Å². The fourth-order valence-corrected chi connectivity index (χ4v) is 4.25. The lowest BCUT2D eigenvalue weighted by Crippen LogP contribution is -2.36. The maximum absolute atomic E-state index is 12.7. The first-order valence-electron chi connectivity index (χ1n) is 15.0. The molecule has 0 aliphatic carbocycles. The Labute approximate surface area is 270 Å². The molecule has 1 aromatic carbocycles. The van der Waals surface area contributed by atoms with Gasteiger partial charge in [0.2, 0.25) is 5.91 Å². The molecule has 0 atom stereocenters. The molecule has 256 valence electrons. The number of hydrogen-bond acceptors (Lipinski definition) is 12. The zero-order chi connectivity index (χ0) is 33.7. The van der Waals surface area contributed by atoms with Crippen molar-refractivity contribution in [3.05, 3.63) is 61.7 Å². The molecule has 0 aliphatic heterocycles. The number of nitrogens with one attached hydrogen (secondary N) is 2. The summed E-state index contributed by atoms with van der Waals surface area (Å²) in [5.41, 5.74) is -1.41. The number of benzene rings is 1. The number of aromatic nitrogens is 4. The first kappa shape index (κ1) is 37.0. The summed E-state index contributed by atoms with van der Waals surface area (Å²) in [4.78, 5) is 54.6. The molecule has 0 saturated carbocycles. The zero-order valence-electron chi connectivity index (χ0n) is 26.1. The minimum atomic E-state index is -0.914. The van der Waals surface area contributed by atoms with Crippen molar-refractivity contribution in [1.29, 1.82) is 0 Å². The quantitative estimate of drug-likeness (QED) is 0.0418. The molecule has 3 aromatic rings. The second-order valence-electron chi connectivity index (χ2n) is 9.77. The minimum Gasteiger partial charge on any atom is -0.377 e. The summed E-state index contributed by atoms with van der Waals surface area (Å²) in [6.07, 6.45) is 9.80. The lowest BCUT2D eigenvalue weighted by Gasteiger charge is -2.12. The number of rotatable bonds is 25. The molecule has 0 radical (unpaired) electrons. The van der Waals surface area contributed by atoms with Crippen LogP contribution in [0, 0.1) is 22.5 Å². The summed E-state index contributed by atoms with van der Waals surface area (Å²) >= 11 is 0. The predicted octanol–water partition coefficient (Wildman–Crippen LogP) is 0.413. The number of H-pyrrole nitrogens is 1. The number of aryl methyl sites for hydroxylation is 1.